The molecule has 0 bridgehead atoms. The first-order valence-corrected chi connectivity index (χ1v) is 7.39. The van der Waals surface area contributed by atoms with E-state index in [-0.39, 0.29) is 5.97 Å². The molecule has 0 aromatic heterocycles. The van der Waals surface area contributed by atoms with Gasteiger partial charge in [0.05, 0.1) is 20.3 Å². The number of hydrogen-bond donors (Lipinski definition) is 1. The van der Waals surface area contributed by atoms with E-state index >= 15 is 0 Å². The molecular formula is C16H25NO4. The maximum Gasteiger partial charge on any atom is 0.305 e. The highest BCUT2D eigenvalue weighted by Gasteiger charge is 2.04. The molecule has 1 aromatic rings. The summed E-state index contributed by atoms with van der Waals surface area (Å²) in [5, 5.41) is 0. The normalized spacial score (nSPS) is 10.2. The van der Waals surface area contributed by atoms with Crippen LogP contribution in [0.4, 0.5) is 5.69 Å². The van der Waals surface area contributed by atoms with Gasteiger partial charge in [0.2, 0.25) is 0 Å². The van der Waals surface area contributed by atoms with Crippen LogP contribution in [0.25, 0.3) is 0 Å². The summed E-state index contributed by atoms with van der Waals surface area (Å²) in [7, 11) is 1.60. The molecule has 0 saturated heterocycles. The molecule has 0 aliphatic heterocycles. The van der Waals surface area contributed by atoms with Crippen LogP contribution in [0.1, 0.15) is 39.0 Å². The van der Waals surface area contributed by atoms with E-state index in [0.717, 1.165) is 25.7 Å². The molecule has 0 amide bonds. The quantitative estimate of drug-likeness (QED) is 0.408. The summed E-state index contributed by atoms with van der Waals surface area (Å²) >= 11 is 0. The van der Waals surface area contributed by atoms with E-state index in [0.29, 0.717) is 36.8 Å². The van der Waals surface area contributed by atoms with Crippen molar-refractivity contribution >= 4 is 11.7 Å². The second-order valence-corrected chi connectivity index (χ2v) is 4.73. The third-order valence-electron chi connectivity index (χ3n) is 3.03. The van der Waals surface area contributed by atoms with Crippen molar-refractivity contribution in [3.8, 4) is 11.5 Å². The standard InChI is InChI=1S/C16H25NO4/c1-3-20-16(18)8-6-4-5-7-11-21-15-12-13(17)9-10-14(15)19-2/h9-10,12H,3-8,11,17H2,1-2H3. The largest absolute Gasteiger partial charge is 0.493 e. The number of anilines is 1. The van der Waals surface area contributed by atoms with Gasteiger partial charge in [-0.15, -0.1) is 0 Å². The molecule has 0 saturated carbocycles. The van der Waals surface area contributed by atoms with Crippen LogP contribution in [-0.4, -0.2) is 26.3 Å². The van der Waals surface area contributed by atoms with Gasteiger partial charge in [-0.3, -0.25) is 4.79 Å². The lowest BCUT2D eigenvalue weighted by atomic mass is 10.1. The van der Waals surface area contributed by atoms with Crippen molar-refractivity contribution in [3.05, 3.63) is 18.2 Å². The van der Waals surface area contributed by atoms with E-state index in [4.69, 9.17) is 19.9 Å². The topological polar surface area (TPSA) is 70.8 Å². The molecule has 5 heteroatoms. The van der Waals surface area contributed by atoms with Crippen LogP contribution in [0.15, 0.2) is 18.2 Å². The molecule has 118 valence electrons. The number of nitrogens with two attached hydrogens (primary N) is 1. The SMILES string of the molecule is CCOC(=O)CCCCCCOc1cc(N)ccc1OC. The average molecular weight is 295 g/mol. The van der Waals surface area contributed by atoms with Gasteiger partial charge < -0.3 is 19.9 Å². The minimum absolute atomic E-state index is 0.113. The van der Waals surface area contributed by atoms with E-state index in [1.165, 1.54) is 0 Å². The minimum Gasteiger partial charge on any atom is -0.493 e. The number of carbonyl (C=O) groups is 1. The third-order valence-corrected chi connectivity index (χ3v) is 3.03. The van der Waals surface area contributed by atoms with Crippen LogP contribution in [-0.2, 0) is 9.53 Å². The van der Waals surface area contributed by atoms with Gasteiger partial charge in [0.25, 0.3) is 0 Å². The molecule has 0 spiro atoms. The van der Waals surface area contributed by atoms with Gasteiger partial charge in [0.1, 0.15) is 0 Å². The number of ether oxygens (including phenoxy) is 3. The molecule has 5 nitrogen and oxygen atoms in total. The molecule has 0 atom stereocenters. The molecular weight excluding hydrogens is 270 g/mol. The fourth-order valence-electron chi connectivity index (χ4n) is 1.95. The molecule has 0 radical (unpaired) electrons. The molecule has 0 aliphatic carbocycles. The molecule has 1 aromatic carbocycles. The highest BCUT2D eigenvalue weighted by atomic mass is 16.5. The number of hydrogen-bond acceptors (Lipinski definition) is 5. The second-order valence-electron chi connectivity index (χ2n) is 4.73. The zero-order chi connectivity index (χ0) is 15.5. The van der Waals surface area contributed by atoms with Gasteiger partial charge >= 0.3 is 5.97 Å². The smallest absolute Gasteiger partial charge is 0.305 e. The lowest BCUT2D eigenvalue weighted by Gasteiger charge is -2.11. The Kier molecular flexibility index (Phi) is 8.09. The highest BCUT2D eigenvalue weighted by molar-refractivity contribution is 5.69. The molecule has 0 unspecified atom stereocenters. The summed E-state index contributed by atoms with van der Waals surface area (Å²) in [5.41, 5.74) is 6.38. The molecule has 0 fully saturated rings. The Morgan fingerprint density at radius 3 is 2.62 bits per heavy atom. The van der Waals surface area contributed by atoms with Crippen molar-refractivity contribution in [2.45, 2.75) is 39.0 Å². The lowest BCUT2D eigenvalue weighted by Crippen LogP contribution is -2.03. The van der Waals surface area contributed by atoms with Crippen molar-refractivity contribution in [2.75, 3.05) is 26.1 Å². The van der Waals surface area contributed by atoms with Crippen molar-refractivity contribution in [2.24, 2.45) is 0 Å². The maximum atomic E-state index is 11.1. The summed E-state index contributed by atoms with van der Waals surface area (Å²) < 4.78 is 15.8. The van der Waals surface area contributed by atoms with Crippen LogP contribution in [0.2, 0.25) is 0 Å². The maximum absolute atomic E-state index is 11.1. The number of nitrogen functional groups attached to an aromatic ring is 1. The number of unbranched alkanes of at least 4 members (excludes halogenated alkanes) is 3. The van der Waals surface area contributed by atoms with Crippen LogP contribution in [0.5, 0.6) is 11.5 Å². The monoisotopic (exact) mass is 295 g/mol. The Hall–Kier alpha value is -1.91. The summed E-state index contributed by atoms with van der Waals surface area (Å²) in [6.45, 7) is 2.88. The van der Waals surface area contributed by atoms with Gasteiger partial charge in [-0.05, 0) is 31.9 Å². The van der Waals surface area contributed by atoms with Crippen molar-refractivity contribution in [1.82, 2.24) is 0 Å². The highest BCUT2D eigenvalue weighted by Crippen LogP contribution is 2.29. The summed E-state index contributed by atoms with van der Waals surface area (Å²) in [4.78, 5) is 11.1. The number of carbonyl (C=O) groups excluding carboxylic acids is 1. The van der Waals surface area contributed by atoms with Crippen LogP contribution in [0, 0.1) is 0 Å². The molecule has 21 heavy (non-hydrogen) atoms. The number of methoxy groups -OCH3 is 1. The number of esters is 1. The first-order chi connectivity index (χ1) is 10.2. The summed E-state index contributed by atoms with van der Waals surface area (Å²) in [5.74, 6) is 1.24. The predicted octanol–water partition coefficient (Wildman–Crippen LogP) is 3.17. The second kappa shape index (κ2) is 9.91. The first kappa shape index (κ1) is 17.1. The van der Waals surface area contributed by atoms with Crippen LogP contribution >= 0.6 is 0 Å². The van der Waals surface area contributed by atoms with Gasteiger partial charge in [0.15, 0.2) is 11.5 Å². The van der Waals surface area contributed by atoms with Crippen LogP contribution in [0.3, 0.4) is 0 Å². The summed E-state index contributed by atoms with van der Waals surface area (Å²) in [6, 6.07) is 5.34. The zero-order valence-electron chi connectivity index (χ0n) is 12.9. The Morgan fingerprint density at radius 1 is 1.14 bits per heavy atom. The van der Waals surface area contributed by atoms with E-state index in [1.807, 2.05) is 6.92 Å². The molecule has 0 heterocycles. The average Bonchev–Trinajstić information content (AvgIpc) is 2.46. The van der Waals surface area contributed by atoms with Gasteiger partial charge in [-0.1, -0.05) is 12.8 Å². The fraction of sp³-hybridized carbons (Fsp3) is 0.562. The van der Waals surface area contributed by atoms with Crippen LogP contribution < -0.4 is 15.2 Å². The van der Waals surface area contributed by atoms with E-state index in [1.54, 1.807) is 25.3 Å². The van der Waals surface area contributed by atoms with Crippen molar-refractivity contribution < 1.29 is 19.0 Å². The van der Waals surface area contributed by atoms with E-state index in [9.17, 15) is 4.79 Å². The predicted molar refractivity (Wildman–Crippen MR) is 82.6 cm³/mol. The van der Waals surface area contributed by atoms with Gasteiger partial charge in [-0.2, -0.15) is 0 Å². The Balaban J connectivity index is 2.14. The Morgan fingerprint density at radius 2 is 1.90 bits per heavy atom. The number of benzene rings is 1. The molecule has 2 N–H and O–H groups in total. The minimum atomic E-state index is -0.113. The lowest BCUT2D eigenvalue weighted by molar-refractivity contribution is -0.143. The zero-order valence-corrected chi connectivity index (χ0v) is 12.9. The first-order valence-electron chi connectivity index (χ1n) is 7.39. The van der Waals surface area contributed by atoms with Gasteiger partial charge in [0, 0.05) is 18.2 Å². The molecule has 1 rings (SSSR count). The Labute approximate surface area is 126 Å². The van der Waals surface area contributed by atoms with E-state index in [2.05, 4.69) is 0 Å². The van der Waals surface area contributed by atoms with Crippen molar-refractivity contribution in [1.29, 1.82) is 0 Å². The van der Waals surface area contributed by atoms with E-state index < -0.39 is 0 Å². The van der Waals surface area contributed by atoms with Crippen molar-refractivity contribution in [3.63, 3.8) is 0 Å². The summed E-state index contributed by atoms with van der Waals surface area (Å²) in [6.07, 6.45) is 4.30. The van der Waals surface area contributed by atoms with Gasteiger partial charge in [-0.25, -0.2) is 0 Å². The third kappa shape index (κ3) is 6.88. The fourth-order valence-corrected chi connectivity index (χ4v) is 1.95. The molecule has 0 aliphatic rings. The Bertz CT molecular complexity index is 434. The number of rotatable bonds is 10.